The Bertz CT molecular complexity index is 789. The third-order valence-electron chi connectivity index (χ3n) is 5.17. The molecule has 1 aromatic carbocycles. The predicted molar refractivity (Wildman–Crippen MR) is 85.2 cm³/mol. The number of nitrogens with zero attached hydrogens (tertiary/aromatic N) is 2. The van der Waals surface area contributed by atoms with Gasteiger partial charge in [-0.25, -0.2) is 4.79 Å². The zero-order valence-corrected chi connectivity index (χ0v) is 13.8. The van der Waals surface area contributed by atoms with Crippen LogP contribution in [0.15, 0.2) is 24.3 Å². The number of hydrogen-bond donors (Lipinski definition) is 0. The van der Waals surface area contributed by atoms with E-state index >= 15 is 0 Å². The fraction of sp³-hybridized carbons (Fsp3) is 0.389. The van der Waals surface area contributed by atoms with Crippen LogP contribution in [0.5, 0.6) is 0 Å². The van der Waals surface area contributed by atoms with Gasteiger partial charge in [-0.2, -0.15) is 0 Å². The van der Waals surface area contributed by atoms with E-state index in [0.29, 0.717) is 17.9 Å². The molecule has 1 aliphatic carbocycles. The van der Waals surface area contributed by atoms with E-state index in [1.165, 1.54) is 12.1 Å². The molecule has 134 valence electrons. The largest absolute Gasteiger partial charge is 0.352 e. The van der Waals surface area contributed by atoms with Crippen LogP contribution in [0.3, 0.4) is 0 Å². The summed E-state index contributed by atoms with van der Waals surface area (Å²) in [6.07, 6.45) is 3.04. The topological polar surface area (TPSA) is 101 Å². The Morgan fingerprint density at radius 3 is 1.92 bits per heavy atom. The fourth-order valence-electron chi connectivity index (χ4n) is 3.90. The Hall–Kier alpha value is -3.03. The normalized spacial score (nSPS) is 24.8. The van der Waals surface area contributed by atoms with E-state index in [4.69, 9.17) is 4.84 Å². The lowest BCUT2D eigenvalue weighted by Crippen LogP contribution is -2.40. The van der Waals surface area contributed by atoms with Crippen LogP contribution in [-0.2, 0) is 19.2 Å². The van der Waals surface area contributed by atoms with Gasteiger partial charge in [0.05, 0.1) is 23.0 Å². The summed E-state index contributed by atoms with van der Waals surface area (Å²) < 4.78 is 0. The standard InChI is InChI=1S/C18H16N2O6/c21-14(9-19-15(22)10-5-1-2-6-11(10)16(19)23)26-20-17(24)12-7-3-4-8-13(12)18(20)25/h3-4,7-8,10-11H,1-2,5-6,9H2. The molecule has 2 fully saturated rings. The maximum atomic E-state index is 12.4. The molecule has 0 aromatic heterocycles. The number of hydrogen-bond acceptors (Lipinski definition) is 6. The molecule has 2 unspecified atom stereocenters. The van der Waals surface area contributed by atoms with E-state index in [-0.39, 0.29) is 34.8 Å². The molecule has 2 heterocycles. The van der Waals surface area contributed by atoms with Crippen molar-refractivity contribution in [1.82, 2.24) is 9.96 Å². The lowest BCUT2D eigenvalue weighted by atomic mass is 9.81. The number of likely N-dealkylation sites (tertiary alicyclic amines) is 1. The molecule has 26 heavy (non-hydrogen) atoms. The lowest BCUT2D eigenvalue weighted by molar-refractivity contribution is -0.172. The van der Waals surface area contributed by atoms with Gasteiger partial charge in [0.2, 0.25) is 11.8 Å². The van der Waals surface area contributed by atoms with Gasteiger partial charge in [-0.1, -0.05) is 30.0 Å². The molecule has 0 radical (unpaired) electrons. The molecule has 0 N–H and O–H groups in total. The molecular formula is C18H16N2O6. The van der Waals surface area contributed by atoms with Gasteiger partial charge in [0.25, 0.3) is 11.8 Å². The van der Waals surface area contributed by atoms with Gasteiger partial charge in [-0.15, -0.1) is 0 Å². The maximum Gasteiger partial charge on any atom is 0.352 e. The summed E-state index contributed by atoms with van der Waals surface area (Å²) in [6, 6.07) is 6.11. The smallest absolute Gasteiger partial charge is 0.328 e. The van der Waals surface area contributed by atoms with Crippen molar-refractivity contribution >= 4 is 29.6 Å². The van der Waals surface area contributed by atoms with Crippen molar-refractivity contribution in [3.8, 4) is 0 Å². The molecule has 8 nitrogen and oxygen atoms in total. The molecule has 4 amide bonds. The Morgan fingerprint density at radius 1 is 0.923 bits per heavy atom. The Morgan fingerprint density at radius 2 is 1.42 bits per heavy atom. The number of amides is 4. The van der Waals surface area contributed by atoms with E-state index < -0.39 is 24.3 Å². The minimum atomic E-state index is -1.00. The van der Waals surface area contributed by atoms with Crippen molar-refractivity contribution in [3.05, 3.63) is 35.4 Å². The SMILES string of the molecule is O=C(CN1C(=O)C2CCCCC2C1=O)ON1C(=O)c2ccccc2C1=O. The molecule has 0 spiro atoms. The second-order valence-corrected chi connectivity index (χ2v) is 6.67. The van der Waals surface area contributed by atoms with Crippen molar-refractivity contribution in [2.75, 3.05) is 6.54 Å². The van der Waals surface area contributed by atoms with E-state index in [2.05, 4.69) is 0 Å². The summed E-state index contributed by atoms with van der Waals surface area (Å²) in [6.45, 7) is -0.599. The number of rotatable bonds is 3. The van der Waals surface area contributed by atoms with Crippen molar-refractivity contribution in [3.63, 3.8) is 0 Å². The third kappa shape index (κ3) is 2.40. The number of benzene rings is 1. The summed E-state index contributed by atoms with van der Waals surface area (Å²) in [5, 5.41) is 0.380. The molecular weight excluding hydrogens is 340 g/mol. The van der Waals surface area contributed by atoms with E-state index in [1.807, 2.05) is 0 Å². The number of carbonyl (C=O) groups excluding carboxylic acids is 5. The third-order valence-corrected chi connectivity index (χ3v) is 5.17. The van der Waals surface area contributed by atoms with Crippen LogP contribution in [-0.4, -0.2) is 46.1 Å². The first-order valence-corrected chi connectivity index (χ1v) is 8.53. The van der Waals surface area contributed by atoms with Crippen molar-refractivity contribution in [2.24, 2.45) is 11.8 Å². The predicted octanol–water partition coefficient (Wildman–Crippen LogP) is 0.916. The minimum absolute atomic E-state index is 0.143. The number of carbonyl (C=O) groups is 5. The van der Waals surface area contributed by atoms with Gasteiger partial charge < -0.3 is 4.84 Å². The van der Waals surface area contributed by atoms with E-state index in [9.17, 15) is 24.0 Å². The second-order valence-electron chi connectivity index (χ2n) is 6.67. The maximum absolute atomic E-state index is 12.4. The fourth-order valence-corrected chi connectivity index (χ4v) is 3.90. The molecule has 2 aliphatic heterocycles. The molecule has 1 saturated carbocycles. The summed E-state index contributed by atoms with van der Waals surface area (Å²) in [7, 11) is 0. The first-order valence-electron chi connectivity index (χ1n) is 8.53. The Kier molecular flexibility index (Phi) is 3.82. The molecule has 1 aromatic rings. The van der Waals surface area contributed by atoms with Gasteiger partial charge in [-0.3, -0.25) is 24.1 Å². The monoisotopic (exact) mass is 356 g/mol. The van der Waals surface area contributed by atoms with Crippen LogP contribution in [0.2, 0.25) is 0 Å². The summed E-state index contributed by atoms with van der Waals surface area (Å²) in [5.41, 5.74) is 0.286. The molecule has 3 aliphatic rings. The van der Waals surface area contributed by atoms with Gasteiger partial charge in [0.15, 0.2) is 0 Å². The first kappa shape index (κ1) is 16.4. The zero-order chi connectivity index (χ0) is 18.4. The number of fused-ring (bicyclic) bond motifs is 2. The van der Waals surface area contributed by atoms with Gasteiger partial charge in [0, 0.05) is 0 Å². The Balaban J connectivity index is 1.45. The zero-order valence-electron chi connectivity index (χ0n) is 13.8. The summed E-state index contributed by atoms with van der Waals surface area (Å²) in [5.74, 6) is -3.98. The van der Waals surface area contributed by atoms with Gasteiger partial charge in [-0.05, 0) is 25.0 Å². The van der Waals surface area contributed by atoms with Crippen LogP contribution in [0.25, 0.3) is 0 Å². The average molecular weight is 356 g/mol. The van der Waals surface area contributed by atoms with Crippen LogP contribution >= 0.6 is 0 Å². The number of imide groups is 2. The number of hydroxylamine groups is 2. The molecule has 0 bridgehead atoms. The highest BCUT2D eigenvalue weighted by Gasteiger charge is 2.49. The Labute approximate surface area is 148 Å². The van der Waals surface area contributed by atoms with Crippen LogP contribution in [0.4, 0.5) is 0 Å². The van der Waals surface area contributed by atoms with Gasteiger partial charge >= 0.3 is 5.97 Å². The van der Waals surface area contributed by atoms with Crippen molar-refractivity contribution in [1.29, 1.82) is 0 Å². The lowest BCUT2D eigenvalue weighted by Gasteiger charge is -2.19. The summed E-state index contributed by atoms with van der Waals surface area (Å²) >= 11 is 0. The first-order chi connectivity index (χ1) is 12.5. The second kappa shape index (κ2) is 6.05. The molecule has 1 saturated heterocycles. The summed E-state index contributed by atoms with van der Waals surface area (Å²) in [4.78, 5) is 67.1. The highest BCUT2D eigenvalue weighted by atomic mass is 16.7. The molecule has 2 atom stereocenters. The highest BCUT2D eigenvalue weighted by molar-refractivity contribution is 6.21. The van der Waals surface area contributed by atoms with Crippen molar-refractivity contribution < 1.29 is 28.8 Å². The average Bonchev–Trinajstić information content (AvgIpc) is 3.03. The van der Waals surface area contributed by atoms with Crippen LogP contribution in [0, 0.1) is 11.8 Å². The van der Waals surface area contributed by atoms with E-state index in [1.54, 1.807) is 12.1 Å². The van der Waals surface area contributed by atoms with Crippen LogP contribution in [0.1, 0.15) is 46.4 Å². The highest BCUT2D eigenvalue weighted by Crippen LogP contribution is 2.37. The van der Waals surface area contributed by atoms with Crippen molar-refractivity contribution in [2.45, 2.75) is 25.7 Å². The molecule has 4 rings (SSSR count). The van der Waals surface area contributed by atoms with Crippen LogP contribution < -0.4 is 0 Å². The molecule has 8 heteroatoms. The quantitative estimate of drug-likeness (QED) is 0.747. The van der Waals surface area contributed by atoms with E-state index in [0.717, 1.165) is 17.7 Å². The minimum Gasteiger partial charge on any atom is -0.328 e. The van der Waals surface area contributed by atoms with Gasteiger partial charge in [0.1, 0.15) is 6.54 Å².